The Morgan fingerprint density at radius 3 is 2.44 bits per heavy atom. The molecule has 2 aromatic carbocycles. The number of hydrogen-bond donors (Lipinski definition) is 4. The largest absolute Gasteiger partial charge is 0.495 e. The molecule has 4 aliphatic heterocycles. The molecule has 4 fully saturated rings. The Morgan fingerprint density at radius 2 is 1.79 bits per heavy atom. The number of carbonyl (C=O) groups is 4. The van der Waals surface area contributed by atoms with Crippen molar-refractivity contribution in [3.63, 3.8) is 0 Å². The van der Waals surface area contributed by atoms with Crippen LogP contribution in [0.2, 0.25) is 0 Å². The molecule has 1 spiro atoms. The fourth-order valence-electron chi connectivity index (χ4n) is 10.9. The molecule has 1 aliphatic carbocycles. The predicted octanol–water partition coefficient (Wildman–Crippen LogP) is 5.25. The van der Waals surface area contributed by atoms with E-state index in [9.17, 15) is 24.3 Å². The van der Waals surface area contributed by atoms with Crippen molar-refractivity contribution >= 4 is 52.5 Å². The summed E-state index contributed by atoms with van der Waals surface area (Å²) in [6.45, 7) is 10.1. The molecule has 5 heterocycles. The maximum Gasteiger partial charge on any atom is 0.251 e. The number of nitrogens with zero attached hydrogens (tertiary/aromatic N) is 6. The summed E-state index contributed by atoms with van der Waals surface area (Å²) in [5.41, 5.74) is 1.37. The molecule has 63 heavy (non-hydrogen) atoms. The Bertz CT molecular complexity index is 2240. The number of imide groups is 1. The fourth-order valence-corrected chi connectivity index (χ4v) is 10.9. The lowest BCUT2D eigenvalue weighted by molar-refractivity contribution is -0.134. The van der Waals surface area contributed by atoms with Gasteiger partial charge in [0.25, 0.3) is 5.91 Å². The first-order valence-electron chi connectivity index (χ1n) is 22.3. The van der Waals surface area contributed by atoms with Crippen LogP contribution in [0.5, 0.6) is 5.75 Å². The second-order valence-electron chi connectivity index (χ2n) is 18.6. The molecule has 0 radical (unpaired) electrons. The van der Waals surface area contributed by atoms with Crippen LogP contribution < -0.4 is 35.4 Å². The standard InChI is InChI=1S/C46H59F2N9O6/c1-6-35-43(62)54(4)36-22-49-44(52-40(36)57(35)27(2)3)50-34-9-7-29(19-37(34)63-5)41(60)53-46(14-18-58)25-45(26-46)12-16-55(17-13-45)23-28-11-15-56(24-28)30-20-32(47)39(33(48)21-30)31-8-10-38(59)51-42(31)61/h7,9,19-22,27-28,31,35,58H,6,8,10-18,23-26H2,1-5H3,(H,53,60)(H,49,50,52)(H,51,59,61)/t28-,31?,35+/m0/s1. The highest BCUT2D eigenvalue weighted by Crippen LogP contribution is 2.56. The predicted molar refractivity (Wildman–Crippen MR) is 234 cm³/mol. The van der Waals surface area contributed by atoms with Crippen LogP contribution in [-0.2, 0) is 14.4 Å². The van der Waals surface area contributed by atoms with E-state index in [-0.39, 0.29) is 54.3 Å². The molecule has 0 bridgehead atoms. The number of piperidine rings is 2. The molecule has 1 unspecified atom stereocenters. The summed E-state index contributed by atoms with van der Waals surface area (Å²) < 4.78 is 36.3. The van der Waals surface area contributed by atoms with Crippen LogP contribution in [0, 0.1) is 23.0 Å². The number of likely N-dealkylation sites (tertiary alicyclic amines) is 1. The molecular weight excluding hydrogens is 813 g/mol. The first-order valence-corrected chi connectivity index (χ1v) is 22.3. The number of likely N-dealkylation sites (N-methyl/N-ethyl adjacent to an activating group) is 1. The Labute approximate surface area is 366 Å². The SMILES string of the molecule is CC[C@@H]1C(=O)N(C)c2cnc(Nc3ccc(C(=O)NC4(CCO)CC5(CCN(C[C@@H]6CCN(c7cc(F)c(C8CCC(=O)NC8=O)c(F)c7)C6)CC5)C4)cc3OC)nc2N1C(C)C. The van der Waals surface area contributed by atoms with Crippen LogP contribution in [0.4, 0.5) is 37.6 Å². The molecule has 5 aliphatic rings. The van der Waals surface area contributed by atoms with Gasteiger partial charge in [0.2, 0.25) is 23.7 Å². The summed E-state index contributed by atoms with van der Waals surface area (Å²) in [4.78, 5) is 68.2. The van der Waals surface area contributed by atoms with Crippen LogP contribution in [0.1, 0.15) is 100 Å². The Balaban J connectivity index is 0.851. The second-order valence-corrected chi connectivity index (χ2v) is 18.6. The number of fused-ring (bicyclic) bond motifs is 1. The van der Waals surface area contributed by atoms with Crippen molar-refractivity contribution in [3.8, 4) is 5.75 Å². The van der Waals surface area contributed by atoms with Gasteiger partial charge < -0.3 is 40.1 Å². The number of amides is 4. The minimum Gasteiger partial charge on any atom is -0.495 e. The van der Waals surface area contributed by atoms with E-state index < -0.39 is 34.9 Å². The number of aliphatic hydroxyl groups excluding tert-OH is 1. The lowest BCUT2D eigenvalue weighted by atomic mass is 9.52. The van der Waals surface area contributed by atoms with Crippen LogP contribution in [0.3, 0.4) is 0 Å². The lowest BCUT2D eigenvalue weighted by Gasteiger charge is -2.59. The molecule has 15 nitrogen and oxygen atoms in total. The van der Waals surface area contributed by atoms with E-state index in [2.05, 4.69) is 25.8 Å². The zero-order chi connectivity index (χ0) is 44.8. The minimum absolute atomic E-state index is 0.00299. The summed E-state index contributed by atoms with van der Waals surface area (Å²) in [7, 11) is 3.28. The zero-order valence-electron chi connectivity index (χ0n) is 36.8. The highest BCUT2D eigenvalue weighted by atomic mass is 19.1. The van der Waals surface area contributed by atoms with E-state index in [0.717, 1.165) is 51.7 Å². The Hall–Kier alpha value is -5.42. The monoisotopic (exact) mass is 871 g/mol. The molecule has 17 heteroatoms. The highest BCUT2D eigenvalue weighted by Gasteiger charge is 2.55. The lowest BCUT2D eigenvalue weighted by Crippen LogP contribution is -2.64. The average molecular weight is 872 g/mol. The average Bonchev–Trinajstić information content (AvgIpc) is 3.71. The maximum absolute atomic E-state index is 15.3. The molecule has 338 valence electrons. The van der Waals surface area contributed by atoms with Gasteiger partial charge in [-0.15, -0.1) is 0 Å². The molecule has 3 saturated heterocycles. The third kappa shape index (κ3) is 8.65. The fraction of sp³-hybridized carbons (Fsp3) is 0.565. The molecule has 1 saturated carbocycles. The van der Waals surface area contributed by atoms with E-state index >= 15 is 8.78 Å². The van der Waals surface area contributed by atoms with Crippen molar-refractivity contribution in [1.82, 2.24) is 25.5 Å². The third-order valence-electron chi connectivity index (χ3n) is 14.1. The summed E-state index contributed by atoms with van der Waals surface area (Å²) in [6.07, 6.45) is 7.27. The van der Waals surface area contributed by atoms with Crippen molar-refractivity contribution < 1.29 is 37.8 Å². The quantitative estimate of drug-likeness (QED) is 0.165. The van der Waals surface area contributed by atoms with E-state index in [4.69, 9.17) is 9.72 Å². The van der Waals surface area contributed by atoms with E-state index in [1.807, 2.05) is 30.6 Å². The molecule has 4 N–H and O–H groups in total. The summed E-state index contributed by atoms with van der Waals surface area (Å²) >= 11 is 0. The Morgan fingerprint density at radius 1 is 1.06 bits per heavy atom. The summed E-state index contributed by atoms with van der Waals surface area (Å²) in [6, 6.07) is 7.49. The van der Waals surface area contributed by atoms with Gasteiger partial charge in [-0.1, -0.05) is 6.92 Å². The molecule has 3 aromatic rings. The van der Waals surface area contributed by atoms with Crippen molar-refractivity contribution in [3.05, 3.63) is 59.3 Å². The minimum atomic E-state index is -1.02. The van der Waals surface area contributed by atoms with Crippen molar-refractivity contribution in [2.45, 2.75) is 102 Å². The number of rotatable bonds is 13. The molecule has 1 aromatic heterocycles. The van der Waals surface area contributed by atoms with Crippen LogP contribution >= 0.6 is 0 Å². The van der Waals surface area contributed by atoms with Gasteiger partial charge in [-0.3, -0.25) is 24.5 Å². The smallest absolute Gasteiger partial charge is 0.251 e. The van der Waals surface area contributed by atoms with Gasteiger partial charge in [-0.2, -0.15) is 4.98 Å². The van der Waals surface area contributed by atoms with Crippen LogP contribution in [0.15, 0.2) is 36.5 Å². The number of hydrogen-bond acceptors (Lipinski definition) is 12. The number of anilines is 5. The highest BCUT2D eigenvalue weighted by molar-refractivity contribution is 6.04. The van der Waals surface area contributed by atoms with E-state index in [0.29, 0.717) is 72.0 Å². The van der Waals surface area contributed by atoms with Crippen LogP contribution in [0.25, 0.3) is 0 Å². The maximum atomic E-state index is 15.3. The van der Waals surface area contributed by atoms with Crippen molar-refractivity contribution in [2.75, 3.05) is 73.5 Å². The normalized spacial score (nSPS) is 23.2. The van der Waals surface area contributed by atoms with Gasteiger partial charge in [0.1, 0.15) is 29.1 Å². The molecule has 4 amide bonds. The first kappa shape index (κ1) is 44.2. The zero-order valence-corrected chi connectivity index (χ0v) is 36.8. The number of halogens is 2. The van der Waals surface area contributed by atoms with Gasteiger partial charge in [0, 0.05) is 68.1 Å². The Kier molecular flexibility index (Phi) is 12.4. The van der Waals surface area contributed by atoms with Crippen LogP contribution in [-0.4, -0.2) is 115 Å². The number of benzene rings is 2. The molecular formula is C46H59F2N9O6. The van der Waals surface area contributed by atoms with Gasteiger partial charge in [0.15, 0.2) is 5.82 Å². The van der Waals surface area contributed by atoms with E-state index in [1.165, 1.54) is 19.2 Å². The molecule has 8 rings (SSSR count). The number of aromatic nitrogens is 2. The van der Waals surface area contributed by atoms with Gasteiger partial charge in [0.05, 0.1) is 24.9 Å². The van der Waals surface area contributed by atoms with E-state index in [1.54, 1.807) is 36.3 Å². The number of carbonyl (C=O) groups excluding carboxylic acids is 4. The van der Waals surface area contributed by atoms with Crippen molar-refractivity contribution in [1.29, 1.82) is 0 Å². The number of aliphatic hydroxyl groups is 1. The number of nitrogens with one attached hydrogen (secondary N) is 3. The van der Waals surface area contributed by atoms with Gasteiger partial charge in [-0.25, -0.2) is 13.8 Å². The summed E-state index contributed by atoms with van der Waals surface area (Å²) in [5, 5.41) is 18.8. The van der Waals surface area contributed by atoms with Crippen molar-refractivity contribution in [2.24, 2.45) is 11.3 Å². The second kappa shape index (κ2) is 17.6. The number of ether oxygens (including phenoxy) is 1. The topological polar surface area (TPSA) is 173 Å². The number of methoxy groups -OCH3 is 1. The first-order chi connectivity index (χ1) is 30.2. The third-order valence-corrected chi connectivity index (χ3v) is 14.1. The van der Waals surface area contributed by atoms with Gasteiger partial charge >= 0.3 is 0 Å². The van der Waals surface area contributed by atoms with Gasteiger partial charge in [-0.05, 0) is 120 Å². The summed E-state index contributed by atoms with van der Waals surface area (Å²) in [5.74, 6) is -2.13. The molecule has 3 atom stereocenters.